The fourth-order valence-electron chi connectivity index (χ4n) is 2.78. The van der Waals surface area contributed by atoms with Gasteiger partial charge in [-0.25, -0.2) is 0 Å². The van der Waals surface area contributed by atoms with Crippen LogP contribution < -0.4 is 5.32 Å². The van der Waals surface area contributed by atoms with Gasteiger partial charge < -0.3 is 0 Å². The number of nitrogens with zero attached hydrogens (tertiary/aromatic N) is 1. The first-order valence-electron chi connectivity index (χ1n) is 9.49. The summed E-state index contributed by atoms with van der Waals surface area (Å²) >= 11 is 0. The summed E-state index contributed by atoms with van der Waals surface area (Å²) in [7, 11) is 0. The van der Waals surface area contributed by atoms with Crippen molar-refractivity contribution in [3.63, 3.8) is 0 Å². The fraction of sp³-hybridized carbons (Fsp3) is 0.895. The molecule has 0 spiro atoms. The molecule has 0 radical (unpaired) electrons. The molecule has 0 heterocycles. The number of nitriles is 1. The molecule has 3 nitrogen and oxygen atoms in total. The zero-order valence-corrected chi connectivity index (χ0v) is 17.6. The van der Waals surface area contributed by atoms with Gasteiger partial charge in [0.2, 0.25) is 5.91 Å². The molecule has 0 aliphatic rings. The number of nitrogens with one attached hydrogen (secondary N) is 1. The first kappa shape index (κ1) is 25.5. The first-order valence-corrected chi connectivity index (χ1v) is 9.49. The van der Waals surface area contributed by atoms with Crippen LogP contribution in [0.1, 0.15) is 110 Å². The van der Waals surface area contributed by atoms with Crippen LogP contribution in [0.25, 0.3) is 0 Å². The number of carbonyl (C=O) groups excluding carboxylic acids is 1. The summed E-state index contributed by atoms with van der Waals surface area (Å²) in [5, 5.41) is 10.4. The van der Waals surface area contributed by atoms with Crippen molar-refractivity contribution in [1.82, 2.24) is 5.32 Å². The minimum atomic E-state index is -0.141. The van der Waals surface area contributed by atoms with E-state index in [1.165, 1.54) is 83.5 Å². The van der Waals surface area contributed by atoms with Crippen molar-refractivity contribution in [3.05, 3.63) is 0 Å². The maximum absolute atomic E-state index is 11.0. The summed E-state index contributed by atoms with van der Waals surface area (Å²) in [6.07, 6.45) is 22.1. The number of hydrogen-bond acceptors (Lipinski definition) is 2. The van der Waals surface area contributed by atoms with Crippen molar-refractivity contribution in [2.24, 2.45) is 0 Å². The minimum absolute atomic E-state index is 0. The molecule has 4 heteroatoms. The van der Waals surface area contributed by atoms with Gasteiger partial charge in [0, 0.05) is 6.42 Å². The number of rotatable bonds is 16. The van der Waals surface area contributed by atoms with Crippen LogP contribution in [0.4, 0.5) is 0 Å². The van der Waals surface area contributed by atoms with Gasteiger partial charge in [-0.05, 0) is 6.42 Å². The van der Waals surface area contributed by atoms with Gasteiger partial charge in [-0.3, -0.25) is 10.1 Å². The van der Waals surface area contributed by atoms with E-state index >= 15 is 0 Å². The van der Waals surface area contributed by atoms with E-state index in [1.54, 1.807) is 6.19 Å². The van der Waals surface area contributed by atoms with Gasteiger partial charge in [0.05, 0.1) is 0 Å². The summed E-state index contributed by atoms with van der Waals surface area (Å²) in [4.78, 5) is 11.0. The first-order chi connectivity index (χ1) is 10.8. The summed E-state index contributed by atoms with van der Waals surface area (Å²) in [6.45, 7) is 2.27. The van der Waals surface area contributed by atoms with Crippen LogP contribution in [0.2, 0.25) is 0 Å². The summed E-state index contributed by atoms with van der Waals surface area (Å²) in [5.74, 6) is -0.141. The maximum Gasteiger partial charge on any atom is 2.00 e. The third-order valence-electron chi connectivity index (χ3n) is 4.20. The van der Waals surface area contributed by atoms with E-state index in [2.05, 4.69) is 12.2 Å². The van der Waals surface area contributed by atoms with Crippen molar-refractivity contribution >= 4 is 43.6 Å². The van der Waals surface area contributed by atoms with Crippen LogP contribution in [0.15, 0.2) is 0 Å². The second kappa shape index (κ2) is 22.2. The molecule has 1 N–H and O–H groups in total. The van der Waals surface area contributed by atoms with Crippen molar-refractivity contribution in [2.75, 3.05) is 0 Å². The number of unbranched alkanes of at least 4 members (excludes halogenated alkanes) is 14. The summed E-state index contributed by atoms with van der Waals surface area (Å²) in [5.41, 5.74) is 0. The molecule has 0 bridgehead atoms. The van der Waals surface area contributed by atoms with Gasteiger partial charge in [0.1, 0.15) is 0 Å². The normalized spacial score (nSPS) is 9.91. The second-order valence-electron chi connectivity index (χ2n) is 6.36. The summed E-state index contributed by atoms with van der Waals surface area (Å²) < 4.78 is 0. The van der Waals surface area contributed by atoms with E-state index in [-0.39, 0.29) is 43.6 Å². The molecule has 0 rings (SSSR count). The van der Waals surface area contributed by atoms with Crippen LogP contribution in [0, 0.1) is 11.5 Å². The van der Waals surface area contributed by atoms with Gasteiger partial charge >= 0.3 is 37.7 Å². The molecule has 0 aliphatic carbocycles. The Kier molecular flexibility index (Phi) is 24.6. The van der Waals surface area contributed by atoms with Crippen molar-refractivity contribution < 1.29 is 4.79 Å². The van der Waals surface area contributed by atoms with Gasteiger partial charge in [-0.2, -0.15) is 5.26 Å². The van der Waals surface area contributed by atoms with Crippen molar-refractivity contribution in [1.29, 1.82) is 5.26 Å². The van der Waals surface area contributed by atoms with Crippen LogP contribution in [-0.2, 0) is 4.79 Å². The van der Waals surface area contributed by atoms with Gasteiger partial charge in [0.25, 0.3) is 0 Å². The average Bonchev–Trinajstić information content (AvgIpc) is 2.51. The average molecular weight is 349 g/mol. The fourth-order valence-corrected chi connectivity index (χ4v) is 2.78. The molecule has 23 heavy (non-hydrogen) atoms. The predicted molar refractivity (Wildman–Crippen MR) is 99.1 cm³/mol. The standard InChI is InChI=1S/C19H36N2O.Ca/c1-2-3-4-5-6-7-8-9-10-11-12-13-14-15-16-17-19(22)21-18-20;/h2-17H2,1H3,(H,21,22);/q;+2. The molecular weight excluding hydrogens is 312 g/mol. The van der Waals surface area contributed by atoms with E-state index in [0.29, 0.717) is 6.42 Å². The van der Waals surface area contributed by atoms with E-state index in [0.717, 1.165) is 12.8 Å². The third-order valence-corrected chi connectivity index (χ3v) is 4.20. The van der Waals surface area contributed by atoms with Crippen molar-refractivity contribution in [3.8, 4) is 6.19 Å². The quantitative estimate of drug-likeness (QED) is 0.174. The van der Waals surface area contributed by atoms with E-state index in [1.807, 2.05) is 0 Å². The molecular formula is C19H36CaN2O+2. The molecule has 0 aromatic rings. The Bertz CT molecular complexity index is 290. The van der Waals surface area contributed by atoms with Crippen LogP contribution in [-0.4, -0.2) is 43.6 Å². The Balaban J connectivity index is 0. The molecule has 0 aromatic heterocycles. The number of hydrogen-bond donors (Lipinski definition) is 1. The Hall–Kier alpha value is 0.220. The largest absolute Gasteiger partial charge is 2.00 e. The van der Waals surface area contributed by atoms with Gasteiger partial charge in [-0.15, -0.1) is 0 Å². The van der Waals surface area contributed by atoms with Crippen LogP contribution >= 0.6 is 0 Å². The Morgan fingerprint density at radius 1 is 0.739 bits per heavy atom. The van der Waals surface area contributed by atoms with Gasteiger partial charge in [-0.1, -0.05) is 96.8 Å². The molecule has 1 amide bonds. The zero-order valence-electron chi connectivity index (χ0n) is 15.4. The third kappa shape index (κ3) is 22.2. The van der Waals surface area contributed by atoms with E-state index < -0.39 is 0 Å². The maximum atomic E-state index is 11.0. The molecule has 0 saturated carbocycles. The Labute approximate surface area is 174 Å². The second-order valence-corrected chi connectivity index (χ2v) is 6.36. The monoisotopic (exact) mass is 348 g/mol. The predicted octanol–water partition coefficient (Wildman–Crippen LogP) is 5.46. The van der Waals surface area contributed by atoms with E-state index in [4.69, 9.17) is 5.26 Å². The van der Waals surface area contributed by atoms with Crippen LogP contribution in [0.3, 0.4) is 0 Å². The zero-order chi connectivity index (χ0) is 16.3. The molecule has 128 valence electrons. The minimum Gasteiger partial charge on any atom is -0.274 e. The molecule has 0 unspecified atom stereocenters. The molecule has 0 aromatic carbocycles. The summed E-state index contributed by atoms with van der Waals surface area (Å²) in [6, 6.07) is 0. The van der Waals surface area contributed by atoms with Gasteiger partial charge in [0.15, 0.2) is 6.19 Å². The smallest absolute Gasteiger partial charge is 0.274 e. The number of amides is 1. The Morgan fingerprint density at radius 3 is 1.43 bits per heavy atom. The van der Waals surface area contributed by atoms with Crippen molar-refractivity contribution in [2.45, 2.75) is 110 Å². The molecule has 0 atom stereocenters. The van der Waals surface area contributed by atoms with Crippen LogP contribution in [0.5, 0.6) is 0 Å². The molecule has 0 fully saturated rings. The molecule has 0 aliphatic heterocycles. The number of carbonyl (C=O) groups is 1. The van der Waals surface area contributed by atoms with E-state index in [9.17, 15) is 4.79 Å². The topological polar surface area (TPSA) is 52.9 Å². The Morgan fingerprint density at radius 2 is 1.09 bits per heavy atom. The molecule has 0 saturated heterocycles. The SMILES string of the molecule is CCCCCCCCCCCCCCCCCC(=O)NC#N.[Ca+2].